The topological polar surface area (TPSA) is 82.9 Å². The van der Waals surface area contributed by atoms with Crippen LogP contribution in [0.3, 0.4) is 0 Å². The number of halogens is 1. The summed E-state index contributed by atoms with van der Waals surface area (Å²) < 4.78 is 21.6. The van der Waals surface area contributed by atoms with E-state index in [1.54, 1.807) is 18.2 Å². The SMILES string of the molecule is [N-]=[N+]=Nc1ccccc1CS(=O)(=O)Cl. The molecule has 0 saturated carbocycles. The molecule has 14 heavy (non-hydrogen) atoms. The Morgan fingerprint density at radius 2 is 2.07 bits per heavy atom. The van der Waals surface area contributed by atoms with Crippen LogP contribution in [0.4, 0.5) is 5.69 Å². The Balaban J connectivity index is 3.14. The van der Waals surface area contributed by atoms with Gasteiger partial charge in [0.1, 0.15) is 0 Å². The maximum absolute atomic E-state index is 10.8. The summed E-state index contributed by atoms with van der Waals surface area (Å²) in [5.74, 6) is -0.344. The van der Waals surface area contributed by atoms with Crippen LogP contribution in [0, 0.1) is 0 Å². The molecule has 1 aromatic rings. The van der Waals surface area contributed by atoms with Gasteiger partial charge in [-0.25, -0.2) is 8.42 Å². The molecular formula is C7H6ClN3O2S. The highest BCUT2D eigenvalue weighted by Gasteiger charge is 2.09. The van der Waals surface area contributed by atoms with Gasteiger partial charge < -0.3 is 0 Å². The molecule has 5 nitrogen and oxygen atoms in total. The lowest BCUT2D eigenvalue weighted by atomic mass is 10.2. The van der Waals surface area contributed by atoms with Crippen molar-refractivity contribution in [3.05, 3.63) is 40.3 Å². The molecule has 0 aliphatic rings. The van der Waals surface area contributed by atoms with Crippen molar-refractivity contribution in [1.29, 1.82) is 0 Å². The number of hydrogen-bond acceptors (Lipinski definition) is 3. The molecule has 1 rings (SSSR count). The molecule has 7 heteroatoms. The van der Waals surface area contributed by atoms with Crippen molar-refractivity contribution >= 4 is 25.4 Å². The fraction of sp³-hybridized carbons (Fsp3) is 0.143. The van der Waals surface area contributed by atoms with E-state index in [-0.39, 0.29) is 11.4 Å². The van der Waals surface area contributed by atoms with Crippen LogP contribution in [0.5, 0.6) is 0 Å². The van der Waals surface area contributed by atoms with Gasteiger partial charge in [0.2, 0.25) is 9.05 Å². The molecule has 0 saturated heterocycles. The predicted octanol–water partition coefficient (Wildman–Crippen LogP) is 2.70. The Bertz CT molecular complexity index is 479. The third-order valence-corrected chi connectivity index (χ3v) is 2.46. The quantitative estimate of drug-likeness (QED) is 0.347. The van der Waals surface area contributed by atoms with Gasteiger partial charge in [0.25, 0.3) is 0 Å². The van der Waals surface area contributed by atoms with Crippen LogP contribution in [0.1, 0.15) is 5.56 Å². The van der Waals surface area contributed by atoms with E-state index < -0.39 is 9.05 Å². The van der Waals surface area contributed by atoms with Gasteiger partial charge in [0.15, 0.2) is 0 Å². The minimum atomic E-state index is -3.63. The van der Waals surface area contributed by atoms with Crippen LogP contribution >= 0.6 is 10.7 Å². The van der Waals surface area contributed by atoms with Gasteiger partial charge in [-0.1, -0.05) is 29.4 Å². The zero-order valence-corrected chi connectivity index (χ0v) is 8.53. The Labute approximate surface area is 85.4 Å². The molecule has 1 aromatic carbocycles. The molecule has 0 fully saturated rings. The first-order valence-corrected chi connectivity index (χ1v) is 6.06. The summed E-state index contributed by atoms with van der Waals surface area (Å²) in [6, 6.07) is 6.36. The monoisotopic (exact) mass is 231 g/mol. The lowest BCUT2D eigenvalue weighted by molar-refractivity contribution is 0.609. The first kappa shape index (κ1) is 10.8. The van der Waals surface area contributed by atoms with Crippen molar-refractivity contribution in [2.45, 2.75) is 5.75 Å². The molecule has 0 unspecified atom stereocenters. The molecule has 0 aliphatic heterocycles. The van der Waals surface area contributed by atoms with Gasteiger partial charge >= 0.3 is 0 Å². The molecule has 0 radical (unpaired) electrons. The van der Waals surface area contributed by atoms with E-state index in [0.717, 1.165) is 0 Å². The average Bonchev–Trinajstić information content (AvgIpc) is 2.06. The Morgan fingerprint density at radius 3 is 2.64 bits per heavy atom. The van der Waals surface area contributed by atoms with Crippen molar-refractivity contribution in [3.8, 4) is 0 Å². The van der Waals surface area contributed by atoms with E-state index in [9.17, 15) is 8.42 Å². The average molecular weight is 232 g/mol. The summed E-state index contributed by atoms with van der Waals surface area (Å²) in [6.45, 7) is 0. The number of benzene rings is 1. The van der Waals surface area contributed by atoms with Crippen LogP contribution in [-0.2, 0) is 14.8 Å². The largest absolute Gasteiger partial charge is 0.236 e. The second-order valence-corrected chi connectivity index (χ2v) is 5.28. The van der Waals surface area contributed by atoms with Gasteiger partial charge in [0, 0.05) is 21.3 Å². The molecule has 0 atom stereocenters. The van der Waals surface area contributed by atoms with E-state index in [2.05, 4.69) is 10.0 Å². The summed E-state index contributed by atoms with van der Waals surface area (Å²) in [5.41, 5.74) is 8.88. The van der Waals surface area contributed by atoms with Gasteiger partial charge in [-0.2, -0.15) is 0 Å². The van der Waals surface area contributed by atoms with Crippen molar-refractivity contribution in [2.24, 2.45) is 5.11 Å². The highest BCUT2D eigenvalue weighted by Crippen LogP contribution is 2.22. The molecule has 0 bridgehead atoms. The van der Waals surface area contributed by atoms with Crippen LogP contribution in [0.2, 0.25) is 0 Å². The van der Waals surface area contributed by atoms with Gasteiger partial charge in [0.05, 0.1) is 5.75 Å². The van der Waals surface area contributed by atoms with E-state index >= 15 is 0 Å². The van der Waals surface area contributed by atoms with E-state index in [1.807, 2.05) is 0 Å². The highest BCUT2D eigenvalue weighted by atomic mass is 35.7. The minimum Gasteiger partial charge on any atom is -0.212 e. The van der Waals surface area contributed by atoms with Crippen LogP contribution < -0.4 is 0 Å². The van der Waals surface area contributed by atoms with Crippen LogP contribution in [-0.4, -0.2) is 8.42 Å². The maximum atomic E-state index is 10.8. The predicted molar refractivity (Wildman–Crippen MR) is 53.7 cm³/mol. The summed E-state index contributed by atoms with van der Waals surface area (Å²) >= 11 is 0. The van der Waals surface area contributed by atoms with Crippen molar-refractivity contribution in [2.75, 3.05) is 0 Å². The van der Waals surface area contributed by atoms with E-state index in [4.69, 9.17) is 16.2 Å². The normalized spacial score (nSPS) is 10.6. The van der Waals surface area contributed by atoms with E-state index in [0.29, 0.717) is 5.56 Å². The summed E-state index contributed by atoms with van der Waals surface area (Å²) in [4.78, 5) is 2.58. The molecule has 0 aromatic heterocycles. The molecule has 0 N–H and O–H groups in total. The third-order valence-electron chi connectivity index (χ3n) is 1.47. The lowest BCUT2D eigenvalue weighted by Crippen LogP contribution is -1.94. The minimum absolute atomic E-state index is 0.277. The number of hydrogen-bond donors (Lipinski definition) is 0. The number of azide groups is 1. The molecule has 0 aliphatic carbocycles. The number of nitrogens with zero attached hydrogens (tertiary/aromatic N) is 3. The fourth-order valence-electron chi connectivity index (χ4n) is 0.964. The van der Waals surface area contributed by atoms with Gasteiger partial charge in [-0.3, -0.25) is 0 Å². The van der Waals surface area contributed by atoms with Crippen molar-refractivity contribution in [1.82, 2.24) is 0 Å². The first-order valence-electron chi connectivity index (χ1n) is 3.58. The van der Waals surface area contributed by atoms with Crippen LogP contribution in [0.15, 0.2) is 29.4 Å². The second kappa shape index (κ2) is 4.32. The van der Waals surface area contributed by atoms with E-state index in [1.165, 1.54) is 6.07 Å². The van der Waals surface area contributed by atoms with Crippen LogP contribution in [0.25, 0.3) is 10.4 Å². The zero-order valence-electron chi connectivity index (χ0n) is 6.96. The maximum Gasteiger partial charge on any atom is 0.236 e. The smallest absolute Gasteiger partial charge is 0.212 e. The summed E-state index contributed by atoms with van der Waals surface area (Å²) in [6.07, 6.45) is 0. The molecule has 0 heterocycles. The van der Waals surface area contributed by atoms with Gasteiger partial charge in [-0.15, -0.1) is 0 Å². The van der Waals surface area contributed by atoms with Crippen molar-refractivity contribution in [3.63, 3.8) is 0 Å². The molecule has 74 valence electrons. The summed E-state index contributed by atoms with van der Waals surface area (Å²) in [5, 5.41) is 3.35. The van der Waals surface area contributed by atoms with Gasteiger partial charge in [-0.05, 0) is 11.1 Å². The fourth-order valence-corrected chi connectivity index (χ4v) is 1.93. The second-order valence-electron chi connectivity index (χ2n) is 2.50. The molecule has 0 spiro atoms. The Morgan fingerprint density at radius 1 is 1.43 bits per heavy atom. The highest BCUT2D eigenvalue weighted by molar-refractivity contribution is 8.13. The Kier molecular flexibility index (Phi) is 3.35. The number of rotatable bonds is 3. The lowest BCUT2D eigenvalue weighted by Gasteiger charge is -2.00. The summed E-state index contributed by atoms with van der Waals surface area (Å²) in [7, 11) is 1.45. The Hall–Kier alpha value is -1.23. The van der Waals surface area contributed by atoms with Crippen molar-refractivity contribution < 1.29 is 8.42 Å². The zero-order chi connectivity index (χ0) is 10.6. The molecule has 0 amide bonds. The molecular weight excluding hydrogens is 226 g/mol. The standard InChI is InChI=1S/C7H6ClN3O2S/c8-14(12,13)5-6-3-1-2-4-7(6)10-11-9/h1-4H,5H2. The first-order chi connectivity index (χ1) is 6.53. The third kappa shape index (κ3) is 3.26.